The van der Waals surface area contributed by atoms with E-state index in [1.807, 2.05) is 13.0 Å². The molecule has 1 spiro atoms. The molecule has 6 rings (SSSR count). The van der Waals surface area contributed by atoms with Gasteiger partial charge in [-0.05, 0) is 104 Å². The van der Waals surface area contributed by atoms with Crippen molar-refractivity contribution < 1.29 is 19.7 Å². The van der Waals surface area contributed by atoms with E-state index in [4.69, 9.17) is 4.74 Å². The van der Waals surface area contributed by atoms with E-state index in [9.17, 15) is 15.0 Å². The van der Waals surface area contributed by atoms with E-state index in [2.05, 4.69) is 34.6 Å². The molecular weight excluding hydrogens is 412 g/mol. The van der Waals surface area contributed by atoms with Crippen molar-refractivity contribution in [1.29, 1.82) is 0 Å². The van der Waals surface area contributed by atoms with Crippen LogP contribution in [-0.4, -0.2) is 39.9 Å². The van der Waals surface area contributed by atoms with Crippen LogP contribution in [0.25, 0.3) is 0 Å². The van der Waals surface area contributed by atoms with E-state index < -0.39 is 23.2 Å². The molecule has 0 aromatic heterocycles. The van der Waals surface area contributed by atoms with Crippen molar-refractivity contribution in [2.75, 3.05) is 0 Å². The Morgan fingerprint density at radius 1 is 1.06 bits per heavy atom. The smallest absolute Gasteiger partial charge is 0.164 e. The van der Waals surface area contributed by atoms with Crippen molar-refractivity contribution in [2.24, 2.45) is 64.1 Å². The largest absolute Gasteiger partial charge is 0.393 e. The first-order chi connectivity index (χ1) is 15.5. The number of fused-ring (bicyclic) bond motifs is 4. The summed E-state index contributed by atoms with van der Waals surface area (Å²) < 4.78 is 6.07. The van der Waals surface area contributed by atoms with Gasteiger partial charge in [-0.1, -0.05) is 34.6 Å². The van der Waals surface area contributed by atoms with E-state index in [1.54, 1.807) is 6.08 Å². The zero-order chi connectivity index (χ0) is 23.7. The van der Waals surface area contributed by atoms with Gasteiger partial charge in [0.05, 0.1) is 17.6 Å². The van der Waals surface area contributed by atoms with Crippen molar-refractivity contribution in [3.05, 3.63) is 12.2 Å². The van der Waals surface area contributed by atoms with Crippen LogP contribution in [0.4, 0.5) is 0 Å². The number of ketones is 1. The molecule has 4 saturated carbocycles. The molecule has 6 aliphatic rings. The lowest BCUT2D eigenvalue weighted by atomic mass is 9.43. The topological polar surface area (TPSA) is 70.1 Å². The third-order valence-corrected chi connectivity index (χ3v) is 12.5. The molecule has 1 aliphatic heterocycles. The quantitative estimate of drug-likeness (QED) is 0.605. The highest BCUT2D eigenvalue weighted by Crippen LogP contribution is 2.72. The number of hydrogen-bond donors (Lipinski definition) is 2. The summed E-state index contributed by atoms with van der Waals surface area (Å²) in [6, 6.07) is 0. The SMILES string of the molecule is CC(C)[C@@H](C)[C@H]1C[C@@H]1[C@@H](C)[C@H]1CCC2C3C[C@@H](O)[C@]45O[C@H]4C=CC(=O)[C@]5(C)C3[C@H](O)C[C@@]21C. The molecule has 5 fully saturated rings. The molecule has 14 atom stereocenters. The Labute approximate surface area is 199 Å². The summed E-state index contributed by atoms with van der Waals surface area (Å²) >= 11 is 0. The van der Waals surface area contributed by atoms with Crippen LogP contribution < -0.4 is 0 Å². The highest BCUT2D eigenvalue weighted by atomic mass is 16.6. The van der Waals surface area contributed by atoms with Crippen LogP contribution in [0, 0.1) is 64.1 Å². The summed E-state index contributed by atoms with van der Waals surface area (Å²) in [5, 5.41) is 23.1. The number of rotatable bonds is 4. The Bertz CT molecular complexity index is 881. The van der Waals surface area contributed by atoms with Crippen LogP contribution in [0.5, 0.6) is 0 Å². The van der Waals surface area contributed by atoms with Crippen LogP contribution in [0.2, 0.25) is 0 Å². The molecule has 2 N–H and O–H groups in total. The first kappa shape index (κ1) is 22.7. The van der Waals surface area contributed by atoms with E-state index in [-0.39, 0.29) is 29.1 Å². The Morgan fingerprint density at radius 2 is 1.79 bits per heavy atom. The molecule has 1 heterocycles. The summed E-state index contributed by atoms with van der Waals surface area (Å²) in [7, 11) is 0. The number of aliphatic hydroxyl groups is 2. The fourth-order valence-electron chi connectivity index (χ4n) is 10.4. The van der Waals surface area contributed by atoms with Crippen molar-refractivity contribution >= 4 is 5.78 Å². The van der Waals surface area contributed by atoms with Crippen LogP contribution in [0.1, 0.15) is 73.6 Å². The standard InChI is InChI=1S/C29H44O4/c1-14(2)15(3)17-11-18(17)16(4)20-7-8-21-19-12-24(32)29-25(33-29)10-9-23(31)28(29,6)26(19)22(30)13-27(20,21)5/h9-10,14-22,24-26,30,32H,7-8,11-13H2,1-6H3/t15-,16-,17-,18-,19?,20-,21?,22-,24-,25+,26?,27-,28-,29+/m1/s1. The van der Waals surface area contributed by atoms with E-state index in [0.29, 0.717) is 24.2 Å². The third-order valence-electron chi connectivity index (χ3n) is 12.5. The minimum absolute atomic E-state index is 0.0408. The Kier molecular flexibility index (Phi) is 4.79. The number of epoxide rings is 1. The van der Waals surface area contributed by atoms with Crippen molar-refractivity contribution in [2.45, 2.75) is 97.6 Å². The second kappa shape index (κ2) is 6.95. The number of carbonyl (C=O) groups excluding carboxylic acids is 1. The number of aliphatic hydroxyl groups excluding tert-OH is 2. The first-order valence-electron chi connectivity index (χ1n) is 13.7. The second-order valence-electron chi connectivity index (χ2n) is 13.8. The van der Waals surface area contributed by atoms with Crippen LogP contribution >= 0.6 is 0 Å². The van der Waals surface area contributed by atoms with Gasteiger partial charge in [0.25, 0.3) is 0 Å². The zero-order valence-corrected chi connectivity index (χ0v) is 21.3. The number of allylic oxidation sites excluding steroid dienone is 1. The van der Waals surface area contributed by atoms with Gasteiger partial charge in [0.1, 0.15) is 11.7 Å². The fraction of sp³-hybridized carbons (Fsp3) is 0.897. The molecule has 4 nitrogen and oxygen atoms in total. The van der Waals surface area contributed by atoms with Crippen molar-refractivity contribution in [1.82, 2.24) is 0 Å². The van der Waals surface area contributed by atoms with E-state index in [1.165, 1.54) is 19.3 Å². The Balaban J connectivity index is 1.29. The molecule has 0 bridgehead atoms. The predicted octanol–water partition coefficient (Wildman–Crippen LogP) is 4.63. The molecule has 184 valence electrons. The van der Waals surface area contributed by atoms with E-state index in [0.717, 1.165) is 30.1 Å². The van der Waals surface area contributed by atoms with Gasteiger partial charge in [-0.15, -0.1) is 0 Å². The maximum absolute atomic E-state index is 13.3. The molecule has 0 amide bonds. The van der Waals surface area contributed by atoms with Crippen LogP contribution in [0.3, 0.4) is 0 Å². The summed E-state index contributed by atoms with van der Waals surface area (Å²) in [5.74, 6) is 5.08. The fourth-order valence-corrected chi connectivity index (χ4v) is 10.4. The first-order valence-corrected chi connectivity index (χ1v) is 13.7. The predicted molar refractivity (Wildman–Crippen MR) is 127 cm³/mol. The lowest BCUT2D eigenvalue weighted by Crippen LogP contribution is -2.68. The average molecular weight is 457 g/mol. The maximum Gasteiger partial charge on any atom is 0.164 e. The summed E-state index contributed by atoms with van der Waals surface area (Å²) in [6.45, 7) is 14.0. The molecule has 3 unspecified atom stereocenters. The van der Waals surface area contributed by atoms with Gasteiger partial charge in [-0.3, -0.25) is 4.79 Å². The summed E-state index contributed by atoms with van der Waals surface area (Å²) in [6.07, 6.45) is 7.37. The van der Waals surface area contributed by atoms with Gasteiger partial charge < -0.3 is 14.9 Å². The maximum atomic E-state index is 13.3. The number of hydrogen-bond acceptors (Lipinski definition) is 4. The Morgan fingerprint density at radius 3 is 2.48 bits per heavy atom. The molecule has 5 aliphatic carbocycles. The zero-order valence-electron chi connectivity index (χ0n) is 21.3. The monoisotopic (exact) mass is 456 g/mol. The number of ether oxygens (including phenoxy) is 1. The molecule has 0 aromatic rings. The van der Waals surface area contributed by atoms with Gasteiger partial charge >= 0.3 is 0 Å². The van der Waals surface area contributed by atoms with Crippen LogP contribution in [0.15, 0.2) is 12.2 Å². The van der Waals surface area contributed by atoms with Gasteiger partial charge in [0.2, 0.25) is 0 Å². The molecule has 4 heteroatoms. The van der Waals surface area contributed by atoms with Crippen molar-refractivity contribution in [3.8, 4) is 0 Å². The van der Waals surface area contributed by atoms with Crippen LogP contribution in [-0.2, 0) is 9.53 Å². The highest BCUT2D eigenvalue weighted by molar-refractivity contribution is 5.98. The minimum atomic E-state index is -0.826. The summed E-state index contributed by atoms with van der Waals surface area (Å²) in [4.78, 5) is 13.3. The molecule has 0 aromatic carbocycles. The molecular formula is C29H44O4. The molecule has 0 radical (unpaired) electrons. The lowest BCUT2D eigenvalue weighted by Gasteiger charge is -2.61. The number of carbonyl (C=O) groups is 1. The van der Waals surface area contributed by atoms with E-state index >= 15 is 0 Å². The van der Waals surface area contributed by atoms with Crippen molar-refractivity contribution in [3.63, 3.8) is 0 Å². The Hall–Kier alpha value is -0.710. The normalized spacial score (nSPS) is 58.2. The van der Waals surface area contributed by atoms with Gasteiger partial charge in [0.15, 0.2) is 5.78 Å². The highest BCUT2D eigenvalue weighted by Gasteiger charge is 2.80. The van der Waals surface area contributed by atoms with Gasteiger partial charge in [-0.2, -0.15) is 0 Å². The van der Waals surface area contributed by atoms with Gasteiger partial charge in [-0.25, -0.2) is 0 Å². The average Bonchev–Trinajstić information content (AvgIpc) is 3.64. The minimum Gasteiger partial charge on any atom is -0.393 e. The van der Waals surface area contributed by atoms with Gasteiger partial charge in [0, 0.05) is 5.92 Å². The second-order valence-corrected chi connectivity index (χ2v) is 13.8. The lowest BCUT2D eigenvalue weighted by molar-refractivity contribution is -0.198. The summed E-state index contributed by atoms with van der Waals surface area (Å²) in [5.41, 5.74) is -1.55. The molecule has 33 heavy (non-hydrogen) atoms. The molecule has 1 saturated heterocycles. The third kappa shape index (κ3) is 2.67.